The van der Waals surface area contributed by atoms with Crippen molar-refractivity contribution in [2.24, 2.45) is 10.4 Å². The number of hydrogen-bond donors (Lipinski definition) is 2. The largest absolute Gasteiger partial charge is 0.380 e. The lowest BCUT2D eigenvalue weighted by Gasteiger charge is -2.41. The first kappa shape index (κ1) is 16.3. The van der Waals surface area contributed by atoms with Crippen LogP contribution in [0.2, 0.25) is 0 Å². The van der Waals surface area contributed by atoms with Crippen molar-refractivity contribution in [3.05, 3.63) is 0 Å². The van der Waals surface area contributed by atoms with Crippen molar-refractivity contribution in [3.63, 3.8) is 0 Å². The molecule has 19 heavy (non-hydrogen) atoms. The van der Waals surface area contributed by atoms with Crippen molar-refractivity contribution in [3.8, 4) is 0 Å². The van der Waals surface area contributed by atoms with E-state index in [1.807, 2.05) is 7.05 Å². The van der Waals surface area contributed by atoms with Crippen LogP contribution in [0, 0.1) is 5.41 Å². The summed E-state index contributed by atoms with van der Waals surface area (Å²) < 4.78 is 5.52. The molecule has 1 rings (SSSR count). The van der Waals surface area contributed by atoms with Crippen LogP contribution >= 0.6 is 0 Å². The summed E-state index contributed by atoms with van der Waals surface area (Å²) in [5.74, 6) is 0.902. The molecule has 1 saturated carbocycles. The first-order chi connectivity index (χ1) is 9.26. The molecule has 0 atom stereocenters. The zero-order valence-electron chi connectivity index (χ0n) is 12.9. The van der Waals surface area contributed by atoms with E-state index >= 15 is 0 Å². The third-order valence-corrected chi connectivity index (χ3v) is 4.20. The Morgan fingerprint density at radius 1 is 1.21 bits per heavy atom. The molecule has 1 aliphatic carbocycles. The van der Waals surface area contributed by atoms with Gasteiger partial charge in [-0.1, -0.05) is 26.7 Å². The quantitative estimate of drug-likeness (QED) is 0.384. The molecule has 0 bridgehead atoms. The topological polar surface area (TPSA) is 45.6 Å². The predicted molar refractivity (Wildman–Crippen MR) is 81.7 cm³/mol. The second kappa shape index (κ2) is 9.18. The van der Waals surface area contributed by atoms with Gasteiger partial charge in [-0.3, -0.25) is 4.99 Å². The number of ether oxygens (including phenoxy) is 1. The summed E-state index contributed by atoms with van der Waals surface area (Å²) in [6, 6.07) is 0. The first-order valence-corrected chi connectivity index (χ1v) is 7.78. The van der Waals surface area contributed by atoms with Gasteiger partial charge in [0.15, 0.2) is 5.96 Å². The summed E-state index contributed by atoms with van der Waals surface area (Å²) in [6.07, 6.45) is 7.69. The summed E-state index contributed by atoms with van der Waals surface area (Å²) in [5, 5.41) is 6.75. The lowest BCUT2D eigenvalue weighted by atomic mass is 9.67. The highest BCUT2D eigenvalue weighted by atomic mass is 16.5. The van der Waals surface area contributed by atoms with Gasteiger partial charge >= 0.3 is 0 Å². The molecule has 0 aromatic carbocycles. The Morgan fingerprint density at radius 2 is 2.00 bits per heavy atom. The van der Waals surface area contributed by atoms with Gasteiger partial charge in [0.05, 0.1) is 6.61 Å². The number of nitrogens with one attached hydrogen (secondary N) is 2. The fraction of sp³-hybridized carbons (Fsp3) is 0.933. The van der Waals surface area contributed by atoms with E-state index in [4.69, 9.17) is 4.74 Å². The maximum absolute atomic E-state index is 5.52. The number of nitrogens with zero attached hydrogens (tertiary/aromatic N) is 1. The molecule has 4 nitrogen and oxygen atoms in total. The standard InChI is InChI=1S/C15H31N3O/c1-4-6-11-19-12-10-17-14(16-3)18-13-15(5-2)8-7-9-15/h4-13H2,1-3H3,(H2,16,17,18). The van der Waals surface area contributed by atoms with Gasteiger partial charge in [0.25, 0.3) is 0 Å². The molecular formula is C15H31N3O. The molecule has 1 fully saturated rings. The highest BCUT2D eigenvalue weighted by Gasteiger charge is 2.34. The molecular weight excluding hydrogens is 238 g/mol. The number of rotatable bonds is 9. The van der Waals surface area contributed by atoms with Crippen molar-refractivity contribution >= 4 is 5.96 Å². The van der Waals surface area contributed by atoms with Gasteiger partial charge in [-0.15, -0.1) is 0 Å². The third kappa shape index (κ3) is 5.81. The van der Waals surface area contributed by atoms with Gasteiger partial charge in [0.2, 0.25) is 0 Å². The molecule has 0 saturated heterocycles. The van der Waals surface area contributed by atoms with Crippen molar-refractivity contribution in [1.82, 2.24) is 10.6 Å². The first-order valence-electron chi connectivity index (χ1n) is 7.78. The van der Waals surface area contributed by atoms with E-state index in [2.05, 4.69) is 29.5 Å². The summed E-state index contributed by atoms with van der Waals surface area (Å²) >= 11 is 0. The minimum Gasteiger partial charge on any atom is -0.380 e. The molecule has 0 aliphatic heterocycles. The van der Waals surface area contributed by atoms with Gasteiger partial charge in [-0.25, -0.2) is 0 Å². The Hall–Kier alpha value is -0.770. The van der Waals surface area contributed by atoms with Crippen LogP contribution in [0.4, 0.5) is 0 Å². The van der Waals surface area contributed by atoms with E-state index in [1.165, 1.54) is 32.1 Å². The maximum Gasteiger partial charge on any atom is 0.191 e. The van der Waals surface area contributed by atoms with E-state index in [1.54, 1.807) is 0 Å². The van der Waals surface area contributed by atoms with Crippen molar-refractivity contribution in [2.45, 2.75) is 52.4 Å². The molecule has 112 valence electrons. The summed E-state index contributed by atoms with van der Waals surface area (Å²) in [7, 11) is 1.83. The Balaban J connectivity index is 2.09. The van der Waals surface area contributed by atoms with Crippen LogP contribution in [0.3, 0.4) is 0 Å². The summed E-state index contributed by atoms with van der Waals surface area (Å²) in [6.45, 7) is 7.95. The fourth-order valence-corrected chi connectivity index (χ4v) is 2.41. The number of guanidine groups is 1. The van der Waals surface area contributed by atoms with Crippen LogP contribution in [0.25, 0.3) is 0 Å². The highest BCUT2D eigenvalue weighted by Crippen LogP contribution is 2.42. The molecule has 0 unspecified atom stereocenters. The van der Waals surface area contributed by atoms with Gasteiger partial charge in [-0.05, 0) is 31.1 Å². The summed E-state index contributed by atoms with van der Waals surface area (Å²) in [5.41, 5.74) is 0.523. The van der Waals surface area contributed by atoms with Gasteiger partial charge < -0.3 is 15.4 Å². The molecule has 0 amide bonds. The molecule has 0 spiro atoms. The molecule has 0 radical (unpaired) electrons. The molecule has 0 aromatic rings. The smallest absolute Gasteiger partial charge is 0.191 e. The number of hydrogen-bond acceptors (Lipinski definition) is 2. The highest BCUT2D eigenvalue weighted by molar-refractivity contribution is 5.79. The van der Waals surface area contributed by atoms with Crippen LogP contribution in [-0.4, -0.2) is 39.3 Å². The van der Waals surface area contributed by atoms with E-state index in [9.17, 15) is 0 Å². The van der Waals surface area contributed by atoms with Crippen LogP contribution in [-0.2, 0) is 4.74 Å². The monoisotopic (exact) mass is 269 g/mol. The molecule has 0 heterocycles. The van der Waals surface area contributed by atoms with E-state index in [-0.39, 0.29) is 0 Å². The predicted octanol–water partition coefficient (Wildman–Crippen LogP) is 2.55. The second-order valence-corrected chi connectivity index (χ2v) is 5.53. The minimum absolute atomic E-state index is 0.523. The molecule has 2 N–H and O–H groups in total. The van der Waals surface area contributed by atoms with Crippen LogP contribution in [0.1, 0.15) is 52.4 Å². The molecule has 4 heteroatoms. The Bertz CT molecular complexity index is 257. The summed E-state index contributed by atoms with van der Waals surface area (Å²) in [4.78, 5) is 4.26. The Morgan fingerprint density at radius 3 is 2.53 bits per heavy atom. The number of aliphatic imine (C=N–C) groups is 1. The second-order valence-electron chi connectivity index (χ2n) is 5.53. The Kier molecular flexibility index (Phi) is 7.87. The van der Waals surface area contributed by atoms with Gasteiger partial charge in [0, 0.05) is 26.7 Å². The normalized spacial score (nSPS) is 17.9. The van der Waals surface area contributed by atoms with E-state index in [0.29, 0.717) is 5.41 Å². The lowest BCUT2D eigenvalue weighted by Crippen LogP contribution is -2.46. The SMILES string of the molecule is CCCCOCCNC(=NC)NCC1(CC)CCC1. The zero-order chi connectivity index (χ0) is 14.0. The van der Waals surface area contributed by atoms with Gasteiger partial charge in [0.1, 0.15) is 0 Å². The fourth-order valence-electron chi connectivity index (χ4n) is 2.41. The third-order valence-electron chi connectivity index (χ3n) is 4.20. The van der Waals surface area contributed by atoms with Crippen molar-refractivity contribution in [1.29, 1.82) is 0 Å². The van der Waals surface area contributed by atoms with E-state index in [0.717, 1.165) is 38.7 Å². The average Bonchev–Trinajstić information content (AvgIpc) is 2.39. The van der Waals surface area contributed by atoms with Gasteiger partial charge in [-0.2, -0.15) is 0 Å². The van der Waals surface area contributed by atoms with Crippen LogP contribution < -0.4 is 10.6 Å². The molecule has 0 aromatic heterocycles. The maximum atomic E-state index is 5.52. The average molecular weight is 269 g/mol. The zero-order valence-corrected chi connectivity index (χ0v) is 12.9. The van der Waals surface area contributed by atoms with Crippen LogP contribution in [0.15, 0.2) is 4.99 Å². The lowest BCUT2D eigenvalue weighted by molar-refractivity contribution is 0.129. The minimum atomic E-state index is 0.523. The Labute approximate surface area is 118 Å². The number of unbranched alkanes of at least 4 members (excludes halogenated alkanes) is 1. The van der Waals surface area contributed by atoms with E-state index < -0.39 is 0 Å². The van der Waals surface area contributed by atoms with Crippen molar-refractivity contribution < 1.29 is 4.74 Å². The van der Waals surface area contributed by atoms with Crippen molar-refractivity contribution in [2.75, 3.05) is 33.4 Å². The molecule has 1 aliphatic rings. The van der Waals surface area contributed by atoms with Crippen LogP contribution in [0.5, 0.6) is 0 Å².